The standard InChI is InChI=1S/C14H19N3O2/c1-10-11(8-15-2)12(17-16-10)9-19-14-7-5-4-6-13(14)18-3/h4-7,15H,8-9H2,1-3H3,(H,16,17). The summed E-state index contributed by atoms with van der Waals surface area (Å²) in [7, 11) is 3.55. The molecule has 0 radical (unpaired) electrons. The number of aryl methyl sites for hydroxylation is 1. The highest BCUT2D eigenvalue weighted by atomic mass is 16.5. The van der Waals surface area contributed by atoms with Crippen molar-refractivity contribution in [1.82, 2.24) is 15.5 Å². The third-order valence-corrected chi connectivity index (χ3v) is 2.95. The average molecular weight is 261 g/mol. The SMILES string of the molecule is CNCc1c(COc2ccccc2OC)n[nH]c1C. The van der Waals surface area contributed by atoms with Gasteiger partial charge in [-0.05, 0) is 26.1 Å². The monoisotopic (exact) mass is 261 g/mol. The van der Waals surface area contributed by atoms with Gasteiger partial charge in [-0.2, -0.15) is 5.10 Å². The number of nitrogens with one attached hydrogen (secondary N) is 2. The lowest BCUT2D eigenvalue weighted by Gasteiger charge is -2.10. The molecule has 0 bridgehead atoms. The van der Waals surface area contributed by atoms with E-state index in [4.69, 9.17) is 9.47 Å². The number of rotatable bonds is 6. The molecule has 0 aliphatic rings. The smallest absolute Gasteiger partial charge is 0.161 e. The number of hydrogen-bond acceptors (Lipinski definition) is 4. The molecule has 5 nitrogen and oxygen atoms in total. The summed E-state index contributed by atoms with van der Waals surface area (Å²) >= 11 is 0. The number of para-hydroxylation sites is 2. The quantitative estimate of drug-likeness (QED) is 0.835. The van der Waals surface area contributed by atoms with Crippen molar-refractivity contribution in [2.24, 2.45) is 0 Å². The second-order valence-electron chi connectivity index (χ2n) is 4.24. The fourth-order valence-corrected chi connectivity index (χ4v) is 1.92. The summed E-state index contributed by atoms with van der Waals surface area (Å²) < 4.78 is 11.0. The van der Waals surface area contributed by atoms with Gasteiger partial charge in [0.2, 0.25) is 0 Å². The summed E-state index contributed by atoms with van der Waals surface area (Å²) in [4.78, 5) is 0. The fraction of sp³-hybridized carbons (Fsp3) is 0.357. The van der Waals surface area contributed by atoms with E-state index in [-0.39, 0.29) is 0 Å². The Balaban J connectivity index is 2.10. The highest BCUT2D eigenvalue weighted by Gasteiger charge is 2.11. The molecule has 1 aromatic heterocycles. The summed E-state index contributed by atoms with van der Waals surface area (Å²) in [6.45, 7) is 3.20. The van der Waals surface area contributed by atoms with Crippen molar-refractivity contribution in [2.75, 3.05) is 14.2 Å². The van der Waals surface area contributed by atoms with Crippen molar-refractivity contribution in [3.8, 4) is 11.5 Å². The molecule has 0 fully saturated rings. The molecule has 19 heavy (non-hydrogen) atoms. The number of aromatic amines is 1. The van der Waals surface area contributed by atoms with E-state index in [1.165, 1.54) is 0 Å². The highest BCUT2D eigenvalue weighted by Crippen LogP contribution is 2.26. The number of benzene rings is 1. The van der Waals surface area contributed by atoms with Crippen LogP contribution in [0.2, 0.25) is 0 Å². The van der Waals surface area contributed by atoms with Gasteiger partial charge in [-0.25, -0.2) is 0 Å². The summed E-state index contributed by atoms with van der Waals surface area (Å²) in [5, 5.41) is 10.4. The lowest BCUT2D eigenvalue weighted by Crippen LogP contribution is -2.09. The van der Waals surface area contributed by atoms with E-state index in [0.717, 1.165) is 35.0 Å². The van der Waals surface area contributed by atoms with E-state index in [1.807, 2.05) is 38.2 Å². The normalized spacial score (nSPS) is 10.5. The second kappa shape index (κ2) is 6.24. The molecule has 0 aliphatic heterocycles. The molecular weight excluding hydrogens is 242 g/mol. The molecule has 0 amide bonds. The van der Waals surface area contributed by atoms with Crippen LogP contribution < -0.4 is 14.8 Å². The fourth-order valence-electron chi connectivity index (χ4n) is 1.92. The van der Waals surface area contributed by atoms with Crippen LogP contribution in [0.4, 0.5) is 0 Å². The Morgan fingerprint density at radius 1 is 1.26 bits per heavy atom. The molecule has 0 atom stereocenters. The van der Waals surface area contributed by atoms with Crippen molar-refractivity contribution < 1.29 is 9.47 Å². The number of aromatic nitrogens is 2. The molecular formula is C14H19N3O2. The van der Waals surface area contributed by atoms with Gasteiger partial charge in [-0.1, -0.05) is 12.1 Å². The predicted octanol–water partition coefficient (Wildman–Crippen LogP) is 2.03. The van der Waals surface area contributed by atoms with Crippen LogP contribution >= 0.6 is 0 Å². The lowest BCUT2D eigenvalue weighted by atomic mass is 10.2. The molecule has 2 rings (SSSR count). The third-order valence-electron chi connectivity index (χ3n) is 2.95. The number of H-pyrrole nitrogens is 1. The van der Waals surface area contributed by atoms with Gasteiger partial charge in [0.15, 0.2) is 11.5 Å². The van der Waals surface area contributed by atoms with Gasteiger partial charge in [0.05, 0.1) is 7.11 Å². The van der Waals surface area contributed by atoms with E-state index < -0.39 is 0 Å². The summed E-state index contributed by atoms with van der Waals surface area (Å²) in [6.07, 6.45) is 0. The van der Waals surface area contributed by atoms with E-state index in [9.17, 15) is 0 Å². The maximum Gasteiger partial charge on any atom is 0.161 e. The zero-order valence-electron chi connectivity index (χ0n) is 11.5. The molecule has 0 aliphatic carbocycles. The maximum absolute atomic E-state index is 5.78. The van der Waals surface area contributed by atoms with Crippen LogP contribution in [0.15, 0.2) is 24.3 Å². The van der Waals surface area contributed by atoms with Crippen LogP contribution in [-0.4, -0.2) is 24.4 Å². The molecule has 0 saturated heterocycles. The van der Waals surface area contributed by atoms with Crippen LogP contribution in [0.3, 0.4) is 0 Å². The van der Waals surface area contributed by atoms with E-state index in [1.54, 1.807) is 7.11 Å². The van der Waals surface area contributed by atoms with Gasteiger partial charge in [-0.3, -0.25) is 5.10 Å². The largest absolute Gasteiger partial charge is 0.493 e. The van der Waals surface area contributed by atoms with Crippen molar-refractivity contribution in [3.63, 3.8) is 0 Å². The van der Waals surface area contributed by atoms with E-state index >= 15 is 0 Å². The van der Waals surface area contributed by atoms with Crippen molar-refractivity contribution in [3.05, 3.63) is 41.2 Å². The first-order valence-electron chi connectivity index (χ1n) is 6.19. The third kappa shape index (κ3) is 3.06. The Labute approximate surface area is 112 Å². The van der Waals surface area contributed by atoms with Crippen LogP contribution in [0.1, 0.15) is 17.0 Å². The molecule has 1 aromatic carbocycles. The van der Waals surface area contributed by atoms with Gasteiger partial charge in [-0.15, -0.1) is 0 Å². The Kier molecular flexibility index (Phi) is 4.41. The first-order valence-corrected chi connectivity index (χ1v) is 6.19. The minimum Gasteiger partial charge on any atom is -0.493 e. The topological polar surface area (TPSA) is 59.2 Å². The minimum absolute atomic E-state index is 0.418. The molecule has 1 heterocycles. The highest BCUT2D eigenvalue weighted by molar-refractivity contribution is 5.39. The maximum atomic E-state index is 5.78. The first-order chi connectivity index (χ1) is 9.26. The Hall–Kier alpha value is -2.01. The Morgan fingerprint density at radius 3 is 2.68 bits per heavy atom. The number of methoxy groups -OCH3 is 1. The molecule has 2 aromatic rings. The molecule has 0 unspecified atom stereocenters. The van der Waals surface area contributed by atoms with E-state index in [2.05, 4.69) is 15.5 Å². The van der Waals surface area contributed by atoms with Crippen molar-refractivity contribution >= 4 is 0 Å². The number of hydrogen-bond donors (Lipinski definition) is 2. The van der Waals surface area contributed by atoms with Gasteiger partial charge in [0.1, 0.15) is 12.3 Å². The van der Waals surface area contributed by atoms with Gasteiger partial charge < -0.3 is 14.8 Å². The molecule has 2 N–H and O–H groups in total. The number of ether oxygens (including phenoxy) is 2. The molecule has 0 saturated carbocycles. The van der Waals surface area contributed by atoms with Crippen molar-refractivity contribution in [2.45, 2.75) is 20.1 Å². The van der Waals surface area contributed by atoms with Crippen LogP contribution in [0.25, 0.3) is 0 Å². The van der Waals surface area contributed by atoms with Crippen LogP contribution in [-0.2, 0) is 13.2 Å². The summed E-state index contributed by atoms with van der Waals surface area (Å²) in [5.41, 5.74) is 3.13. The zero-order chi connectivity index (χ0) is 13.7. The Morgan fingerprint density at radius 2 is 2.00 bits per heavy atom. The van der Waals surface area contributed by atoms with Crippen LogP contribution in [0.5, 0.6) is 11.5 Å². The summed E-state index contributed by atoms with van der Waals surface area (Å²) in [6, 6.07) is 7.59. The molecule has 0 spiro atoms. The first kappa shape index (κ1) is 13.4. The van der Waals surface area contributed by atoms with E-state index in [0.29, 0.717) is 6.61 Å². The Bertz CT molecular complexity index is 537. The van der Waals surface area contributed by atoms with Crippen molar-refractivity contribution in [1.29, 1.82) is 0 Å². The van der Waals surface area contributed by atoms with Gasteiger partial charge >= 0.3 is 0 Å². The second-order valence-corrected chi connectivity index (χ2v) is 4.24. The van der Waals surface area contributed by atoms with Gasteiger partial charge in [0, 0.05) is 17.8 Å². The molecule has 5 heteroatoms. The van der Waals surface area contributed by atoms with Gasteiger partial charge in [0.25, 0.3) is 0 Å². The molecule has 102 valence electrons. The van der Waals surface area contributed by atoms with Crippen LogP contribution in [0, 0.1) is 6.92 Å². The lowest BCUT2D eigenvalue weighted by molar-refractivity contribution is 0.279. The average Bonchev–Trinajstić information content (AvgIpc) is 2.78. The minimum atomic E-state index is 0.418. The summed E-state index contributed by atoms with van der Waals surface area (Å²) in [5.74, 6) is 1.45. The number of nitrogens with zero attached hydrogens (tertiary/aromatic N) is 1. The predicted molar refractivity (Wildman–Crippen MR) is 73.4 cm³/mol. The zero-order valence-corrected chi connectivity index (χ0v) is 11.5.